The van der Waals surface area contributed by atoms with Crippen molar-refractivity contribution in [3.8, 4) is 34.0 Å². The molecular weight excluding hydrogens is 434 g/mol. The van der Waals surface area contributed by atoms with Crippen LogP contribution in [0.3, 0.4) is 0 Å². The Morgan fingerprint density at radius 2 is 1.81 bits per heavy atom. The molecular formula is C27H28ClN3S. The molecule has 0 aliphatic heterocycles. The molecule has 0 amide bonds. The second kappa shape index (κ2) is 8.31. The molecule has 3 nitrogen and oxygen atoms in total. The third-order valence-corrected chi connectivity index (χ3v) is 6.30. The van der Waals surface area contributed by atoms with Crippen LogP contribution in [0.5, 0.6) is 0 Å². The summed E-state index contributed by atoms with van der Waals surface area (Å²) in [6, 6.07) is 14.2. The van der Waals surface area contributed by atoms with Crippen molar-refractivity contribution in [3.63, 3.8) is 0 Å². The van der Waals surface area contributed by atoms with Gasteiger partial charge < -0.3 is 5.32 Å². The number of aromatic nitrogens is 2. The highest BCUT2D eigenvalue weighted by Gasteiger charge is 2.28. The summed E-state index contributed by atoms with van der Waals surface area (Å²) >= 11 is 7.86. The van der Waals surface area contributed by atoms with Gasteiger partial charge in [-0.2, -0.15) is 0 Å². The van der Waals surface area contributed by atoms with Gasteiger partial charge in [0.25, 0.3) is 0 Å². The molecule has 5 rings (SSSR count). The van der Waals surface area contributed by atoms with E-state index in [9.17, 15) is 0 Å². The van der Waals surface area contributed by atoms with Crippen LogP contribution < -0.4 is 5.32 Å². The number of hydrogen-bond donors (Lipinski definition) is 1. The first-order valence-electron chi connectivity index (χ1n) is 10.7. The monoisotopic (exact) mass is 461 g/mol. The fourth-order valence-corrected chi connectivity index (χ4v) is 5.28. The molecule has 2 aliphatic carbocycles. The van der Waals surface area contributed by atoms with Crippen LogP contribution >= 0.6 is 22.9 Å². The Morgan fingerprint density at radius 3 is 2.38 bits per heavy atom. The van der Waals surface area contributed by atoms with Gasteiger partial charge in [0.2, 0.25) is 0 Å². The van der Waals surface area contributed by atoms with Gasteiger partial charge in [-0.3, -0.25) is 4.40 Å². The first-order chi connectivity index (χ1) is 15.1. The normalized spacial score (nSPS) is 12.2. The van der Waals surface area contributed by atoms with Crippen molar-refractivity contribution in [1.82, 2.24) is 9.38 Å². The summed E-state index contributed by atoms with van der Waals surface area (Å²) in [6.45, 7) is 11.2. The fourth-order valence-electron chi connectivity index (χ4n) is 4.27. The van der Waals surface area contributed by atoms with Gasteiger partial charge in [-0.25, -0.2) is 4.98 Å². The number of rotatable bonds is 4. The minimum Gasteiger partial charge on any atom is -0.364 e. The van der Waals surface area contributed by atoms with Crippen molar-refractivity contribution in [2.45, 2.75) is 46.6 Å². The predicted molar refractivity (Wildman–Crippen MR) is 139 cm³/mol. The fraction of sp³-hybridized carbons (Fsp3) is 0.296. The van der Waals surface area contributed by atoms with E-state index in [-0.39, 0.29) is 11.0 Å². The molecule has 3 aromatic heterocycles. The molecule has 3 aromatic rings. The Bertz CT molecular complexity index is 1300. The van der Waals surface area contributed by atoms with E-state index < -0.39 is 0 Å². The SMILES string of the molecule is C#Cc1ccsc1-c1nc2ccc(Cl)cn2c1NC(C)(C)CC(C)(C)C.c1cc2cc-2c1. The Hall–Kier alpha value is -2.74. The average molecular weight is 462 g/mol. The van der Waals surface area contributed by atoms with Gasteiger partial charge in [0.1, 0.15) is 17.2 Å². The third-order valence-electron chi connectivity index (χ3n) is 5.16. The molecule has 1 N–H and O–H groups in total. The third kappa shape index (κ3) is 5.01. The van der Waals surface area contributed by atoms with Crippen LogP contribution in [0.25, 0.3) is 27.3 Å². The molecule has 0 saturated heterocycles. The minimum absolute atomic E-state index is 0.126. The van der Waals surface area contributed by atoms with E-state index in [0.29, 0.717) is 5.02 Å². The molecule has 3 heterocycles. The number of thiophene rings is 1. The molecule has 0 saturated carbocycles. The van der Waals surface area contributed by atoms with E-state index in [1.54, 1.807) is 11.3 Å². The zero-order valence-electron chi connectivity index (χ0n) is 19.2. The number of anilines is 1. The summed E-state index contributed by atoms with van der Waals surface area (Å²) in [5, 5.41) is 6.39. The summed E-state index contributed by atoms with van der Waals surface area (Å²) < 4.78 is 2.02. The number of hydrogen-bond acceptors (Lipinski definition) is 3. The van der Waals surface area contributed by atoms with E-state index in [1.165, 1.54) is 11.1 Å². The summed E-state index contributed by atoms with van der Waals surface area (Å²) in [5.74, 6) is 3.69. The van der Waals surface area contributed by atoms with Crippen LogP contribution in [0.2, 0.25) is 5.02 Å². The molecule has 0 unspecified atom stereocenters. The van der Waals surface area contributed by atoms with Gasteiger partial charge in [0, 0.05) is 17.3 Å². The number of pyridine rings is 1. The van der Waals surface area contributed by atoms with Crippen LogP contribution in [0, 0.1) is 17.8 Å². The van der Waals surface area contributed by atoms with E-state index in [1.807, 2.05) is 34.2 Å². The van der Waals surface area contributed by atoms with E-state index in [2.05, 4.69) is 70.1 Å². The number of terminal acetylenes is 1. The number of halogens is 1. The second-order valence-corrected chi connectivity index (χ2v) is 11.4. The number of nitrogens with one attached hydrogen (secondary N) is 1. The van der Waals surface area contributed by atoms with Crippen molar-refractivity contribution in [2.24, 2.45) is 5.41 Å². The molecule has 2 aliphatic rings. The van der Waals surface area contributed by atoms with Crippen LogP contribution in [-0.4, -0.2) is 14.9 Å². The van der Waals surface area contributed by atoms with E-state index >= 15 is 0 Å². The van der Waals surface area contributed by atoms with Gasteiger partial charge in [0.05, 0.1) is 9.90 Å². The van der Waals surface area contributed by atoms with Crippen molar-refractivity contribution < 1.29 is 0 Å². The standard InChI is InChI=1S/C21H24ClN3S.C6H4/c1-7-14-10-11-26-18(14)17-19(24-21(5,6)13-20(2,3)4)25-12-15(22)8-9-16(25)23-17;1-2-5-4-6(5)3-1/h1,8-12,24H,13H2,2-6H3;1-4H. The minimum atomic E-state index is -0.126. The lowest BCUT2D eigenvalue weighted by Gasteiger charge is -2.34. The van der Waals surface area contributed by atoms with E-state index in [0.717, 1.165) is 34.0 Å². The highest BCUT2D eigenvalue weighted by atomic mass is 35.5. The Kier molecular flexibility index (Phi) is 5.83. The van der Waals surface area contributed by atoms with Gasteiger partial charge >= 0.3 is 0 Å². The number of nitrogens with zero attached hydrogens (tertiary/aromatic N) is 2. The van der Waals surface area contributed by atoms with Crippen molar-refractivity contribution in [2.75, 3.05) is 5.32 Å². The van der Waals surface area contributed by atoms with Gasteiger partial charge in [-0.1, -0.05) is 56.5 Å². The Balaban J connectivity index is 0.000000346. The predicted octanol–water partition coefficient (Wildman–Crippen LogP) is 7.99. The van der Waals surface area contributed by atoms with Gasteiger partial charge in [-0.05, 0) is 66.5 Å². The van der Waals surface area contributed by atoms with Gasteiger partial charge in [-0.15, -0.1) is 17.8 Å². The highest BCUT2D eigenvalue weighted by Crippen LogP contribution is 2.38. The number of fused-ring (bicyclic) bond motifs is 2. The highest BCUT2D eigenvalue weighted by molar-refractivity contribution is 7.13. The lowest BCUT2D eigenvalue weighted by molar-refractivity contribution is 0.302. The van der Waals surface area contributed by atoms with Crippen LogP contribution in [0.1, 0.15) is 46.6 Å². The molecule has 0 fully saturated rings. The topological polar surface area (TPSA) is 29.3 Å². The number of imidazole rings is 1. The van der Waals surface area contributed by atoms with Gasteiger partial charge in [0.15, 0.2) is 0 Å². The largest absolute Gasteiger partial charge is 0.364 e. The summed E-state index contributed by atoms with van der Waals surface area (Å²) in [5.41, 5.74) is 5.50. The molecule has 0 radical (unpaired) electrons. The maximum absolute atomic E-state index is 6.25. The lowest BCUT2D eigenvalue weighted by Crippen LogP contribution is -2.36. The lowest BCUT2D eigenvalue weighted by atomic mass is 9.82. The van der Waals surface area contributed by atoms with E-state index in [4.69, 9.17) is 23.0 Å². The molecule has 0 bridgehead atoms. The molecule has 0 aromatic carbocycles. The Morgan fingerprint density at radius 1 is 1.09 bits per heavy atom. The smallest absolute Gasteiger partial charge is 0.140 e. The molecule has 0 spiro atoms. The number of benzene rings is 1. The molecule has 0 atom stereocenters. The zero-order valence-corrected chi connectivity index (χ0v) is 20.7. The summed E-state index contributed by atoms with van der Waals surface area (Å²) in [6.07, 6.45) is 8.59. The zero-order chi connectivity index (χ0) is 23.1. The molecule has 5 heteroatoms. The first-order valence-corrected chi connectivity index (χ1v) is 11.9. The van der Waals surface area contributed by atoms with Crippen LogP contribution in [-0.2, 0) is 0 Å². The van der Waals surface area contributed by atoms with Crippen molar-refractivity contribution in [3.05, 3.63) is 64.6 Å². The maximum atomic E-state index is 6.25. The van der Waals surface area contributed by atoms with Crippen LogP contribution in [0.4, 0.5) is 5.82 Å². The molecule has 32 heavy (non-hydrogen) atoms. The average Bonchev–Trinajstić information content (AvgIpc) is 3.06. The summed E-state index contributed by atoms with van der Waals surface area (Å²) in [7, 11) is 0. The molecule has 164 valence electrons. The Labute approximate surface area is 199 Å². The van der Waals surface area contributed by atoms with Crippen molar-refractivity contribution in [1.29, 1.82) is 0 Å². The first kappa shape index (κ1) is 22.5. The van der Waals surface area contributed by atoms with Crippen molar-refractivity contribution >= 4 is 34.4 Å². The quantitative estimate of drug-likeness (QED) is 0.275. The maximum Gasteiger partial charge on any atom is 0.140 e. The summed E-state index contributed by atoms with van der Waals surface area (Å²) in [4.78, 5) is 5.84. The van der Waals surface area contributed by atoms with Crippen LogP contribution in [0.15, 0.2) is 54.0 Å². The second-order valence-electron chi connectivity index (χ2n) is 10.0.